The molecule has 27 heavy (non-hydrogen) atoms. The lowest BCUT2D eigenvalue weighted by Gasteiger charge is -2.26. The van der Waals surface area contributed by atoms with E-state index in [1.165, 1.54) is 0 Å². The van der Waals surface area contributed by atoms with E-state index >= 15 is 0 Å². The molecule has 1 N–H and O–H groups in total. The fourth-order valence-corrected chi connectivity index (χ4v) is 3.37. The number of cyclic esters (lactones) is 1. The zero-order valence-corrected chi connectivity index (χ0v) is 15.2. The highest BCUT2D eigenvalue weighted by molar-refractivity contribution is 5.97. The second-order valence-corrected chi connectivity index (χ2v) is 6.78. The number of benzene rings is 2. The van der Waals surface area contributed by atoms with Crippen LogP contribution < -0.4 is 0 Å². The molecule has 5 heteroatoms. The van der Waals surface area contributed by atoms with Gasteiger partial charge in [0.1, 0.15) is 12.2 Å². The summed E-state index contributed by atoms with van der Waals surface area (Å²) in [6, 6.07) is 15.2. The molecule has 2 aliphatic rings. The van der Waals surface area contributed by atoms with E-state index in [9.17, 15) is 9.90 Å². The summed E-state index contributed by atoms with van der Waals surface area (Å²) in [5, 5.41) is 11.5. The molecular formula is C22H20O5. The fourth-order valence-electron chi connectivity index (χ4n) is 3.37. The molecule has 5 nitrogen and oxygen atoms in total. The maximum absolute atomic E-state index is 12.7. The minimum atomic E-state index is -1.85. The van der Waals surface area contributed by atoms with Crippen LogP contribution in [-0.4, -0.2) is 17.7 Å². The van der Waals surface area contributed by atoms with E-state index in [-0.39, 0.29) is 17.9 Å². The van der Waals surface area contributed by atoms with Crippen molar-refractivity contribution in [2.45, 2.75) is 26.1 Å². The Bertz CT molecular complexity index is 958. The van der Waals surface area contributed by atoms with Crippen molar-refractivity contribution in [1.29, 1.82) is 0 Å². The Balaban J connectivity index is 1.87. The van der Waals surface area contributed by atoms with E-state index in [0.717, 1.165) is 16.7 Å². The minimum absolute atomic E-state index is 0.220. The van der Waals surface area contributed by atoms with E-state index in [1.54, 1.807) is 12.1 Å². The van der Waals surface area contributed by atoms with Crippen molar-refractivity contribution < 1.29 is 24.4 Å². The molecule has 2 heterocycles. The number of ether oxygens (including phenoxy) is 1. The van der Waals surface area contributed by atoms with Gasteiger partial charge in [0, 0.05) is 17.6 Å². The standard InChI is InChI=1S/C22H20O5/c1-14-8-9-17(12-15(14)2)22(24)18(13-16-6-4-3-5-7-16)20(21(23)26-22)19-10-11-25-27-19/h3-10,12,24H,11,13H2,1-2H3. The van der Waals surface area contributed by atoms with Crippen LogP contribution in [0.3, 0.4) is 0 Å². The number of rotatable bonds is 4. The number of carbonyl (C=O) groups is 1. The highest BCUT2D eigenvalue weighted by atomic mass is 17.2. The van der Waals surface area contributed by atoms with Gasteiger partial charge in [0.25, 0.3) is 5.79 Å². The molecule has 1 unspecified atom stereocenters. The molecule has 0 aromatic heterocycles. The largest absolute Gasteiger partial charge is 0.421 e. The zero-order valence-electron chi connectivity index (χ0n) is 15.2. The highest BCUT2D eigenvalue weighted by Gasteiger charge is 2.49. The van der Waals surface area contributed by atoms with Gasteiger partial charge < -0.3 is 14.7 Å². The zero-order chi connectivity index (χ0) is 19.0. The normalized spacial score (nSPS) is 21.9. The lowest BCUT2D eigenvalue weighted by Crippen LogP contribution is -2.30. The lowest BCUT2D eigenvalue weighted by atomic mass is 9.88. The molecule has 0 fully saturated rings. The number of carbonyl (C=O) groups excluding carboxylic acids is 1. The van der Waals surface area contributed by atoms with Crippen LogP contribution in [0.4, 0.5) is 0 Å². The average Bonchev–Trinajstić information content (AvgIpc) is 3.25. The summed E-state index contributed by atoms with van der Waals surface area (Å²) in [6.45, 7) is 4.19. The Morgan fingerprint density at radius 3 is 2.52 bits per heavy atom. The van der Waals surface area contributed by atoms with Gasteiger partial charge in [-0.2, -0.15) is 4.89 Å². The predicted octanol–water partition coefficient (Wildman–Crippen LogP) is 3.39. The van der Waals surface area contributed by atoms with Gasteiger partial charge in [0.15, 0.2) is 5.76 Å². The van der Waals surface area contributed by atoms with Crippen molar-refractivity contribution in [1.82, 2.24) is 0 Å². The molecular weight excluding hydrogens is 344 g/mol. The van der Waals surface area contributed by atoms with E-state index in [0.29, 0.717) is 17.6 Å². The molecule has 138 valence electrons. The van der Waals surface area contributed by atoms with Gasteiger partial charge >= 0.3 is 5.97 Å². The molecule has 0 radical (unpaired) electrons. The first-order chi connectivity index (χ1) is 13.0. The molecule has 0 spiro atoms. The van der Waals surface area contributed by atoms with E-state index in [2.05, 4.69) is 0 Å². The summed E-state index contributed by atoms with van der Waals surface area (Å²) >= 11 is 0. The number of esters is 1. The number of aliphatic hydroxyl groups is 1. The summed E-state index contributed by atoms with van der Waals surface area (Å²) in [7, 11) is 0. The van der Waals surface area contributed by atoms with Crippen LogP contribution in [0.2, 0.25) is 0 Å². The van der Waals surface area contributed by atoms with Crippen LogP contribution in [-0.2, 0) is 31.5 Å². The third-order valence-corrected chi connectivity index (χ3v) is 5.01. The Morgan fingerprint density at radius 1 is 1.07 bits per heavy atom. The van der Waals surface area contributed by atoms with Crippen molar-refractivity contribution in [3.05, 3.63) is 93.8 Å². The predicted molar refractivity (Wildman–Crippen MR) is 98.2 cm³/mol. The van der Waals surface area contributed by atoms with Gasteiger partial charge in [0.05, 0.1) is 0 Å². The average molecular weight is 364 g/mol. The van der Waals surface area contributed by atoms with Gasteiger partial charge in [-0.3, -0.25) is 0 Å². The monoisotopic (exact) mass is 364 g/mol. The van der Waals surface area contributed by atoms with Gasteiger partial charge in [-0.15, -0.1) is 0 Å². The first-order valence-corrected chi connectivity index (χ1v) is 8.80. The van der Waals surface area contributed by atoms with Gasteiger partial charge in [0.2, 0.25) is 0 Å². The second-order valence-electron chi connectivity index (χ2n) is 6.78. The molecule has 0 saturated heterocycles. The van der Waals surface area contributed by atoms with E-state index in [4.69, 9.17) is 14.5 Å². The molecule has 4 rings (SSSR count). The first-order valence-electron chi connectivity index (χ1n) is 8.80. The van der Waals surface area contributed by atoms with Crippen LogP contribution in [0.5, 0.6) is 0 Å². The van der Waals surface area contributed by atoms with Crippen molar-refractivity contribution in [2.24, 2.45) is 0 Å². The molecule has 0 aliphatic carbocycles. The molecule has 2 aliphatic heterocycles. The topological polar surface area (TPSA) is 65.0 Å². The van der Waals surface area contributed by atoms with Crippen LogP contribution in [0, 0.1) is 13.8 Å². The summed E-state index contributed by atoms with van der Waals surface area (Å²) < 4.78 is 5.51. The fraction of sp³-hybridized carbons (Fsp3) is 0.227. The highest BCUT2D eigenvalue weighted by Crippen LogP contribution is 2.44. The molecule has 1 atom stereocenters. The van der Waals surface area contributed by atoms with E-state index in [1.807, 2.05) is 56.3 Å². The molecule has 2 aromatic rings. The quantitative estimate of drug-likeness (QED) is 0.665. The Labute approximate surface area is 157 Å². The molecule has 2 aromatic carbocycles. The summed E-state index contributed by atoms with van der Waals surface area (Å²) in [4.78, 5) is 22.7. The third-order valence-electron chi connectivity index (χ3n) is 5.01. The van der Waals surface area contributed by atoms with Crippen molar-refractivity contribution in [3.63, 3.8) is 0 Å². The summed E-state index contributed by atoms with van der Waals surface area (Å²) in [5.74, 6) is -2.20. The Morgan fingerprint density at radius 2 is 1.85 bits per heavy atom. The maximum Gasteiger partial charge on any atom is 0.345 e. The Hall–Kier alpha value is -2.89. The molecule has 0 amide bonds. The van der Waals surface area contributed by atoms with Gasteiger partial charge in [-0.05, 0) is 42.7 Å². The minimum Gasteiger partial charge on any atom is -0.421 e. The van der Waals surface area contributed by atoms with Crippen molar-refractivity contribution >= 4 is 5.97 Å². The number of hydrogen-bond donors (Lipinski definition) is 1. The van der Waals surface area contributed by atoms with E-state index < -0.39 is 11.8 Å². The van der Waals surface area contributed by atoms with Gasteiger partial charge in [-0.25, -0.2) is 4.79 Å². The first kappa shape index (κ1) is 17.5. The van der Waals surface area contributed by atoms with Crippen molar-refractivity contribution in [3.8, 4) is 0 Å². The van der Waals surface area contributed by atoms with Crippen LogP contribution >= 0.6 is 0 Å². The lowest BCUT2D eigenvalue weighted by molar-refractivity contribution is -0.231. The van der Waals surface area contributed by atoms with Crippen molar-refractivity contribution in [2.75, 3.05) is 6.61 Å². The van der Waals surface area contributed by atoms with Gasteiger partial charge in [-0.1, -0.05) is 42.5 Å². The van der Waals surface area contributed by atoms with Crippen LogP contribution in [0.15, 0.2) is 71.5 Å². The number of hydrogen-bond acceptors (Lipinski definition) is 5. The molecule has 0 saturated carbocycles. The maximum atomic E-state index is 12.7. The number of aryl methyl sites for hydroxylation is 2. The SMILES string of the molecule is Cc1ccc(C2(O)OC(=O)C(C3=CCOO3)=C2Cc2ccccc2)cc1C. The second kappa shape index (κ2) is 6.68. The smallest absolute Gasteiger partial charge is 0.345 e. The summed E-state index contributed by atoms with van der Waals surface area (Å²) in [6.07, 6.45) is 2.00. The summed E-state index contributed by atoms with van der Waals surface area (Å²) in [5.41, 5.74) is 4.22. The third kappa shape index (κ3) is 3.05. The Kier molecular flexibility index (Phi) is 4.34. The van der Waals surface area contributed by atoms with Crippen LogP contribution in [0.25, 0.3) is 0 Å². The van der Waals surface area contributed by atoms with Crippen LogP contribution in [0.1, 0.15) is 22.3 Å². The molecule has 0 bridgehead atoms.